The number of aliphatic carboxylic acids is 1. The number of ether oxygens (including phenoxy) is 1. The second-order valence-corrected chi connectivity index (χ2v) is 14.7. The number of anilines is 2. The van der Waals surface area contributed by atoms with Gasteiger partial charge in [-0.3, -0.25) is 14.6 Å². The molecule has 0 radical (unpaired) electrons. The Balaban J connectivity index is 1.36. The molecule has 6 rings (SSSR count). The van der Waals surface area contributed by atoms with Crippen LogP contribution in [0.1, 0.15) is 60.2 Å². The number of carboxylic acid groups (broad SMARTS) is 1. The summed E-state index contributed by atoms with van der Waals surface area (Å²) in [4.78, 5) is 24.7. The number of aromatic nitrogens is 1. The molecule has 0 amide bonds. The number of hydrogen-bond acceptors (Lipinski definition) is 7. The van der Waals surface area contributed by atoms with E-state index in [1.54, 1.807) is 0 Å². The molecule has 0 saturated carbocycles. The fraction of sp³-hybridized carbons (Fsp3) is 0.526. The lowest BCUT2D eigenvalue weighted by atomic mass is 9.82. The number of carboxylic acids is 1. The van der Waals surface area contributed by atoms with E-state index in [4.69, 9.17) is 21.3 Å². The van der Waals surface area contributed by atoms with Crippen LogP contribution in [0.15, 0.2) is 36.4 Å². The molecule has 0 bridgehead atoms. The van der Waals surface area contributed by atoms with E-state index in [1.165, 1.54) is 22.3 Å². The smallest absolute Gasteiger partial charge is 0.307 e. The van der Waals surface area contributed by atoms with Crippen LogP contribution in [0.5, 0.6) is 0 Å². The van der Waals surface area contributed by atoms with Crippen LogP contribution in [-0.4, -0.2) is 84.9 Å². The molecule has 3 aromatic rings. The van der Waals surface area contributed by atoms with Crippen LogP contribution < -0.4 is 10.2 Å². The largest absolute Gasteiger partial charge is 0.481 e. The highest BCUT2D eigenvalue weighted by molar-refractivity contribution is 6.31. The van der Waals surface area contributed by atoms with E-state index in [0.717, 1.165) is 130 Å². The molecular weight excluding hydrogens is 610 g/mol. The lowest BCUT2D eigenvalue weighted by Gasteiger charge is -2.40. The minimum Gasteiger partial charge on any atom is -0.481 e. The Bertz CT molecular complexity index is 1570. The van der Waals surface area contributed by atoms with E-state index < -0.39 is 5.97 Å². The van der Waals surface area contributed by atoms with Crippen molar-refractivity contribution in [2.45, 2.75) is 66.5 Å². The zero-order valence-electron chi connectivity index (χ0n) is 28.5. The summed E-state index contributed by atoms with van der Waals surface area (Å²) in [6.07, 6.45) is 3.02. The van der Waals surface area contributed by atoms with E-state index >= 15 is 0 Å². The van der Waals surface area contributed by atoms with Gasteiger partial charge in [-0.2, -0.15) is 0 Å². The SMILES string of the molecule is Cc1cccc(Cl)c1CN1CCc2cc(-c3c(NCCN4CCOCC4)nc(C)c(CC(=O)O)c3N3CCC(C)(C)CC3)ccc2C1. The third-order valence-corrected chi connectivity index (χ3v) is 10.7. The Labute approximate surface area is 285 Å². The minimum atomic E-state index is -0.827. The first-order valence-electron chi connectivity index (χ1n) is 17.2. The van der Waals surface area contributed by atoms with Gasteiger partial charge in [0.15, 0.2) is 0 Å². The van der Waals surface area contributed by atoms with Crippen molar-refractivity contribution in [3.63, 3.8) is 0 Å². The van der Waals surface area contributed by atoms with Crippen molar-refractivity contribution >= 4 is 29.1 Å². The molecule has 252 valence electrons. The van der Waals surface area contributed by atoms with E-state index in [2.05, 4.69) is 65.1 Å². The highest BCUT2D eigenvalue weighted by atomic mass is 35.5. The molecule has 2 fully saturated rings. The standard InChI is InChI=1S/C38H50ClN5O3/c1-26-6-5-7-33(39)32(26)25-43-14-10-28-22-29(8-9-30(28)24-43)35-36(44-15-11-38(3,4)12-16-44)31(23-34(45)46)27(2)41-37(35)40-13-17-42-18-20-47-21-19-42/h5-9,22H,10-21,23-25H2,1-4H3,(H,40,41)(H,45,46). The van der Waals surface area contributed by atoms with Gasteiger partial charge in [0.1, 0.15) is 5.82 Å². The highest BCUT2D eigenvalue weighted by Gasteiger charge is 2.31. The van der Waals surface area contributed by atoms with Crippen molar-refractivity contribution < 1.29 is 14.6 Å². The van der Waals surface area contributed by atoms with Crippen molar-refractivity contribution in [1.29, 1.82) is 0 Å². The Morgan fingerprint density at radius 3 is 2.49 bits per heavy atom. The lowest BCUT2D eigenvalue weighted by Crippen LogP contribution is -2.39. The molecule has 3 aliphatic rings. The van der Waals surface area contributed by atoms with Crippen LogP contribution in [0.25, 0.3) is 11.1 Å². The Kier molecular flexibility index (Phi) is 10.4. The maximum absolute atomic E-state index is 12.2. The topological polar surface area (TPSA) is 81.2 Å². The number of benzene rings is 2. The second kappa shape index (κ2) is 14.5. The van der Waals surface area contributed by atoms with Gasteiger partial charge in [0, 0.05) is 80.7 Å². The molecule has 9 heteroatoms. The number of aryl methyl sites for hydroxylation is 2. The molecule has 0 aliphatic carbocycles. The van der Waals surface area contributed by atoms with Gasteiger partial charge in [-0.1, -0.05) is 55.8 Å². The summed E-state index contributed by atoms with van der Waals surface area (Å²) in [5.74, 6) is 0.0167. The molecule has 4 heterocycles. The molecular formula is C38H50ClN5O3. The van der Waals surface area contributed by atoms with Gasteiger partial charge in [-0.25, -0.2) is 4.98 Å². The molecule has 2 saturated heterocycles. The monoisotopic (exact) mass is 659 g/mol. The van der Waals surface area contributed by atoms with Crippen molar-refractivity contribution in [1.82, 2.24) is 14.8 Å². The number of fused-ring (bicyclic) bond motifs is 1. The Morgan fingerprint density at radius 1 is 1.00 bits per heavy atom. The Hall–Kier alpha value is -3.17. The maximum atomic E-state index is 12.2. The number of morpholine rings is 1. The second-order valence-electron chi connectivity index (χ2n) is 14.3. The molecule has 0 unspecified atom stereocenters. The van der Waals surface area contributed by atoms with Crippen LogP contribution in [0.4, 0.5) is 11.5 Å². The van der Waals surface area contributed by atoms with E-state index in [0.29, 0.717) is 0 Å². The van der Waals surface area contributed by atoms with Gasteiger partial charge >= 0.3 is 5.97 Å². The summed E-state index contributed by atoms with van der Waals surface area (Å²) in [5, 5.41) is 14.6. The fourth-order valence-electron chi connectivity index (χ4n) is 7.32. The lowest BCUT2D eigenvalue weighted by molar-refractivity contribution is -0.136. The summed E-state index contributed by atoms with van der Waals surface area (Å²) >= 11 is 6.59. The summed E-state index contributed by atoms with van der Waals surface area (Å²) in [6, 6.07) is 13.0. The van der Waals surface area contributed by atoms with Crippen molar-refractivity contribution in [2.75, 3.05) is 69.2 Å². The number of hydrogen-bond donors (Lipinski definition) is 2. The number of nitrogens with zero attached hydrogens (tertiary/aromatic N) is 4. The summed E-state index contributed by atoms with van der Waals surface area (Å²) in [6.45, 7) is 18.3. The zero-order chi connectivity index (χ0) is 33.1. The summed E-state index contributed by atoms with van der Waals surface area (Å²) in [5.41, 5.74) is 10.2. The first kappa shape index (κ1) is 33.7. The van der Waals surface area contributed by atoms with Gasteiger partial charge < -0.3 is 20.1 Å². The predicted octanol–water partition coefficient (Wildman–Crippen LogP) is 6.57. The summed E-state index contributed by atoms with van der Waals surface area (Å²) in [7, 11) is 0. The van der Waals surface area contributed by atoms with Crippen LogP contribution >= 0.6 is 11.6 Å². The van der Waals surface area contributed by atoms with Gasteiger partial charge in [0.25, 0.3) is 0 Å². The number of pyridine rings is 1. The normalized spacial score (nSPS) is 18.6. The van der Waals surface area contributed by atoms with Gasteiger partial charge in [-0.15, -0.1) is 0 Å². The van der Waals surface area contributed by atoms with E-state index in [1.807, 2.05) is 19.1 Å². The first-order valence-corrected chi connectivity index (χ1v) is 17.6. The van der Waals surface area contributed by atoms with Crippen LogP contribution in [0.3, 0.4) is 0 Å². The average Bonchev–Trinajstić information content (AvgIpc) is 3.04. The summed E-state index contributed by atoms with van der Waals surface area (Å²) < 4.78 is 5.55. The average molecular weight is 660 g/mol. The fourth-order valence-corrected chi connectivity index (χ4v) is 7.61. The van der Waals surface area contributed by atoms with Crippen LogP contribution in [0, 0.1) is 19.3 Å². The van der Waals surface area contributed by atoms with E-state index in [-0.39, 0.29) is 11.8 Å². The van der Waals surface area contributed by atoms with Crippen LogP contribution in [0.2, 0.25) is 5.02 Å². The molecule has 2 N–H and O–H groups in total. The zero-order valence-corrected chi connectivity index (χ0v) is 29.3. The number of piperidine rings is 1. The highest BCUT2D eigenvalue weighted by Crippen LogP contribution is 2.44. The molecule has 0 atom stereocenters. The third kappa shape index (κ3) is 7.94. The maximum Gasteiger partial charge on any atom is 0.307 e. The third-order valence-electron chi connectivity index (χ3n) is 10.4. The molecule has 47 heavy (non-hydrogen) atoms. The van der Waals surface area contributed by atoms with Crippen LogP contribution in [-0.2, 0) is 35.5 Å². The van der Waals surface area contributed by atoms with Crippen molar-refractivity contribution in [3.8, 4) is 11.1 Å². The van der Waals surface area contributed by atoms with Crippen molar-refractivity contribution in [2.24, 2.45) is 5.41 Å². The van der Waals surface area contributed by atoms with Gasteiger partial charge in [0.05, 0.1) is 25.3 Å². The number of carbonyl (C=O) groups is 1. The van der Waals surface area contributed by atoms with E-state index in [9.17, 15) is 9.90 Å². The molecule has 1 aromatic heterocycles. The number of rotatable bonds is 10. The molecule has 3 aliphatic heterocycles. The predicted molar refractivity (Wildman–Crippen MR) is 191 cm³/mol. The Morgan fingerprint density at radius 2 is 1.77 bits per heavy atom. The molecule has 8 nitrogen and oxygen atoms in total. The molecule has 2 aromatic carbocycles. The number of nitrogens with one attached hydrogen (secondary N) is 1. The van der Waals surface area contributed by atoms with Crippen molar-refractivity contribution in [3.05, 3.63) is 74.9 Å². The first-order chi connectivity index (χ1) is 22.6. The van der Waals surface area contributed by atoms with Gasteiger partial charge in [-0.05, 0) is 72.4 Å². The van der Waals surface area contributed by atoms with Gasteiger partial charge in [0.2, 0.25) is 0 Å². The number of halogens is 1. The minimum absolute atomic E-state index is 0.0452. The quantitative estimate of drug-likeness (QED) is 0.253. The molecule has 0 spiro atoms.